The van der Waals surface area contributed by atoms with E-state index in [1.54, 1.807) is 31.2 Å². The van der Waals surface area contributed by atoms with Crippen LogP contribution in [0.4, 0.5) is 5.69 Å². The van der Waals surface area contributed by atoms with Crippen molar-refractivity contribution in [3.8, 4) is 17.5 Å². The van der Waals surface area contributed by atoms with Gasteiger partial charge in [-0.15, -0.1) is 10.2 Å². The van der Waals surface area contributed by atoms with E-state index in [4.69, 9.17) is 9.68 Å². The molecule has 1 amide bonds. The molecular weight excluding hydrogens is 348 g/mol. The molecule has 1 aromatic heterocycles. The lowest BCUT2D eigenvalue weighted by atomic mass is 10.1. The minimum absolute atomic E-state index is 0.208. The molecule has 0 aliphatic carbocycles. The average molecular weight is 364 g/mol. The van der Waals surface area contributed by atoms with Crippen molar-refractivity contribution in [3.63, 3.8) is 0 Å². The summed E-state index contributed by atoms with van der Waals surface area (Å²) in [7, 11) is 0. The van der Waals surface area contributed by atoms with Crippen molar-refractivity contribution in [2.24, 2.45) is 0 Å². The number of carbonyl (C=O) groups is 1. The molecule has 0 aliphatic heterocycles. The molecule has 0 spiro atoms. The Morgan fingerprint density at radius 1 is 1.23 bits per heavy atom. The number of rotatable bonds is 5. The van der Waals surface area contributed by atoms with Gasteiger partial charge in [0, 0.05) is 11.3 Å². The topological polar surface area (TPSA) is 91.8 Å². The number of nitrogens with one attached hydrogen (secondary N) is 1. The van der Waals surface area contributed by atoms with Crippen LogP contribution in [0, 0.1) is 18.3 Å². The number of nitriles is 1. The number of amides is 1. The first kappa shape index (κ1) is 17.7. The fraction of sp³-hybridized carbons (Fsp3) is 0.158. The molecular formula is C19H16N4O2S. The van der Waals surface area contributed by atoms with Gasteiger partial charge in [0.1, 0.15) is 0 Å². The Morgan fingerprint density at radius 2 is 2.00 bits per heavy atom. The van der Waals surface area contributed by atoms with Crippen LogP contribution >= 0.6 is 11.8 Å². The molecule has 0 radical (unpaired) electrons. The first-order chi connectivity index (χ1) is 12.5. The predicted molar refractivity (Wildman–Crippen MR) is 99.6 cm³/mol. The monoisotopic (exact) mass is 364 g/mol. The van der Waals surface area contributed by atoms with E-state index in [0.717, 1.165) is 11.1 Å². The molecule has 7 heteroatoms. The average Bonchev–Trinajstić information content (AvgIpc) is 3.11. The van der Waals surface area contributed by atoms with E-state index < -0.39 is 5.25 Å². The minimum atomic E-state index is -0.438. The first-order valence-corrected chi connectivity index (χ1v) is 8.81. The van der Waals surface area contributed by atoms with Crippen molar-refractivity contribution in [1.29, 1.82) is 5.26 Å². The van der Waals surface area contributed by atoms with Gasteiger partial charge in [-0.2, -0.15) is 5.26 Å². The highest BCUT2D eigenvalue weighted by Gasteiger charge is 2.19. The van der Waals surface area contributed by atoms with E-state index in [-0.39, 0.29) is 5.91 Å². The van der Waals surface area contributed by atoms with Gasteiger partial charge in [0.15, 0.2) is 0 Å². The number of aryl methyl sites for hydroxylation is 1. The van der Waals surface area contributed by atoms with Crippen LogP contribution in [0.2, 0.25) is 0 Å². The molecule has 6 nitrogen and oxygen atoms in total. The SMILES string of the molecule is Cc1ccc(-c2nnc(S[C@@H](C)C(=O)Nc3cccc(C#N)c3)o2)cc1. The molecule has 3 rings (SSSR count). The maximum absolute atomic E-state index is 12.3. The van der Waals surface area contributed by atoms with Crippen LogP contribution in [-0.4, -0.2) is 21.4 Å². The van der Waals surface area contributed by atoms with Crippen LogP contribution in [0.1, 0.15) is 18.1 Å². The summed E-state index contributed by atoms with van der Waals surface area (Å²) in [5, 5.41) is 19.6. The molecule has 1 atom stereocenters. The predicted octanol–water partition coefficient (Wildman–Crippen LogP) is 4.04. The third-order valence-electron chi connectivity index (χ3n) is 3.61. The zero-order valence-electron chi connectivity index (χ0n) is 14.3. The molecule has 3 aromatic rings. The molecule has 0 saturated carbocycles. The number of benzene rings is 2. The Kier molecular flexibility index (Phi) is 5.34. The summed E-state index contributed by atoms with van der Waals surface area (Å²) in [6, 6.07) is 16.6. The number of hydrogen-bond acceptors (Lipinski definition) is 6. The van der Waals surface area contributed by atoms with Crippen LogP contribution in [0.25, 0.3) is 11.5 Å². The molecule has 0 bridgehead atoms. The van der Waals surface area contributed by atoms with Gasteiger partial charge in [-0.3, -0.25) is 4.79 Å². The fourth-order valence-corrected chi connectivity index (χ4v) is 2.87. The van der Waals surface area contributed by atoms with Crippen LogP contribution in [0.5, 0.6) is 0 Å². The van der Waals surface area contributed by atoms with Gasteiger partial charge in [0.05, 0.1) is 16.9 Å². The highest BCUT2D eigenvalue weighted by Crippen LogP contribution is 2.27. The Morgan fingerprint density at radius 3 is 2.73 bits per heavy atom. The second kappa shape index (κ2) is 7.85. The zero-order valence-corrected chi connectivity index (χ0v) is 15.1. The Hall–Kier alpha value is -3.11. The number of anilines is 1. The van der Waals surface area contributed by atoms with Crippen molar-refractivity contribution in [2.45, 2.75) is 24.3 Å². The van der Waals surface area contributed by atoms with Gasteiger partial charge in [0.25, 0.3) is 5.22 Å². The summed E-state index contributed by atoms with van der Waals surface area (Å²) in [5.41, 5.74) is 3.05. The summed E-state index contributed by atoms with van der Waals surface area (Å²) in [4.78, 5) is 12.3. The van der Waals surface area contributed by atoms with E-state index >= 15 is 0 Å². The van der Waals surface area contributed by atoms with Crippen LogP contribution in [-0.2, 0) is 4.79 Å². The number of carbonyl (C=O) groups excluding carboxylic acids is 1. The lowest BCUT2D eigenvalue weighted by molar-refractivity contribution is -0.115. The normalized spacial score (nSPS) is 11.6. The molecule has 130 valence electrons. The Labute approximate surface area is 155 Å². The second-order valence-electron chi connectivity index (χ2n) is 5.68. The van der Waals surface area contributed by atoms with Crippen molar-refractivity contribution >= 4 is 23.4 Å². The second-order valence-corrected chi connectivity index (χ2v) is 6.97. The third-order valence-corrected chi connectivity index (χ3v) is 4.55. The molecule has 0 aliphatic rings. The number of aromatic nitrogens is 2. The number of nitrogens with zero attached hydrogens (tertiary/aromatic N) is 3. The zero-order chi connectivity index (χ0) is 18.5. The molecule has 2 aromatic carbocycles. The smallest absolute Gasteiger partial charge is 0.277 e. The van der Waals surface area contributed by atoms with Gasteiger partial charge in [-0.05, 0) is 44.2 Å². The van der Waals surface area contributed by atoms with Crippen LogP contribution in [0.3, 0.4) is 0 Å². The quantitative estimate of drug-likeness (QED) is 0.687. The summed E-state index contributed by atoms with van der Waals surface area (Å²) in [6.45, 7) is 3.76. The Bertz CT molecular complexity index is 960. The first-order valence-electron chi connectivity index (χ1n) is 7.93. The fourth-order valence-electron chi connectivity index (χ4n) is 2.19. The Balaban J connectivity index is 1.64. The van der Waals surface area contributed by atoms with Crippen molar-refractivity contribution < 1.29 is 9.21 Å². The molecule has 1 N–H and O–H groups in total. The third kappa shape index (κ3) is 4.29. The molecule has 1 heterocycles. The summed E-state index contributed by atoms with van der Waals surface area (Å²) >= 11 is 1.18. The van der Waals surface area contributed by atoms with Gasteiger partial charge in [0.2, 0.25) is 11.8 Å². The lowest BCUT2D eigenvalue weighted by Crippen LogP contribution is -2.22. The largest absolute Gasteiger partial charge is 0.411 e. The maximum atomic E-state index is 12.3. The molecule has 0 unspecified atom stereocenters. The standard InChI is InChI=1S/C19H16N4O2S/c1-12-6-8-15(9-7-12)18-22-23-19(25-18)26-13(2)17(24)21-16-5-3-4-14(10-16)11-20/h3-10,13H,1-2H3,(H,21,24)/t13-/m0/s1. The van der Waals surface area contributed by atoms with E-state index in [1.807, 2.05) is 37.3 Å². The minimum Gasteiger partial charge on any atom is -0.411 e. The molecule has 26 heavy (non-hydrogen) atoms. The summed E-state index contributed by atoms with van der Waals surface area (Å²) < 4.78 is 5.63. The van der Waals surface area contributed by atoms with Crippen LogP contribution < -0.4 is 5.32 Å². The van der Waals surface area contributed by atoms with E-state index in [9.17, 15) is 4.79 Å². The van der Waals surface area contributed by atoms with Crippen molar-refractivity contribution in [3.05, 3.63) is 59.7 Å². The number of hydrogen-bond donors (Lipinski definition) is 1. The van der Waals surface area contributed by atoms with E-state index in [1.165, 1.54) is 11.8 Å². The maximum Gasteiger partial charge on any atom is 0.277 e. The lowest BCUT2D eigenvalue weighted by Gasteiger charge is -2.09. The summed E-state index contributed by atoms with van der Waals surface area (Å²) in [5.74, 6) is 0.210. The van der Waals surface area contributed by atoms with Gasteiger partial charge < -0.3 is 9.73 Å². The van der Waals surface area contributed by atoms with Gasteiger partial charge in [-0.1, -0.05) is 35.5 Å². The van der Waals surface area contributed by atoms with Gasteiger partial charge >= 0.3 is 0 Å². The molecule has 0 fully saturated rings. The summed E-state index contributed by atoms with van der Waals surface area (Å²) in [6.07, 6.45) is 0. The highest BCUT2D eigenvalue weighted by atomic mass is 32.2. The van der Waals surface area contributed by atoms with E-state index in [2.05, 4.69) is 15.5 Å². The van der Waals surface area contributed by atoms with Crippen molar-refractivity contribution in [2.75, 3.05) is 5.32 Å². The van der Waals surface area contributed by atoms with Gasteiger partial charge in [-0.25, -0.2) is 0 Å². The molecule has 0 saturated heterocycles. The van der Waals surface area contributed by atoms with E-state index in [0.29, 0.717) is 22.4 Å². The van der Waals surface area contributed by atoms with Crippen molar-refractivity contribution in [1.82, 2.24) is 10.2 Å². The highest BCUT2D eigenvalue weighted by molar-refractivity contribution is 8.00. The number of thioether (sulfide) groups is 1. The van der Waals surface area contributed by atoms with Crippen LogP contribution in [0.15, 0.2) is 58.2 Å².